The van der Waals surface area contributed by atoms with Gasteiger partial charge in [-0.2, -0.15) is 0 Å². The molecule has 21 heavy (non-hydrogen) atoms. The van der Waals surface area contributed by atoms with Gasteiger partial charge in [-0.25, -0.2) is 9.18 Å². The van der Waals surface area contributed by atoms with Gasteiger partial charge in [-0.15, -0.1) is 0 Å². The van der Waals surface area contributed by atoms with Gasteiger partial charge in [0.25, 0.3) is 0 Å². The van der Waals surface area contributed by atoms with E-state index in [0.29, 0.717) is 24.1 Å². The van der Waals surface area contributed by atoms with E-state index in [1.807, 2.05) is 0 Å². The maximum atomic E-state index is 12.9. The molecule has 0 radical (unpaired) electrons. The molecule has 2 fully saturated rings. The van der Waals surface area contributed by atoms with E-state index >= 15 is 0 Å². The first kappa shape index (κ1) is 14.5. The molecule has 1 aromatic rings. The third kappa shape index (κ3) is 3.43. The lowest BCUT2D eigenvalue weighted by Crippen LogP contribution is -2.49. The average Bonchev–Trinajstić information content (AvgIpc) is 2.53. The number of nitrogens with zero attached hydrogens (tertiary/aromatic N) is 1. The van der Waals surface area contributed by atoms with E-state index in [9.17, 15) is 9.18 Å². The van der Waals surface area contributed by atoms with Crippen LogP contribution in [0.15, 0.2) is 24.3 Å². The minimum absolute atomic E-state index is 0.336. The molecule has 0 N–H and O–H groups in total. The molecule has 0 amide bonds. The van der Waals surface area contributed by atoms with Crippen LogP contribution in [-0.2, 0) is 4.74 Å². The van der Waals surface area contributed by atoms with Crippen molar-refractivity contribution in [1.29, 1.82) is 0 Å². The van der Waals surface area contributed by atoms with Crippen molar-refractivity contribution in [2.24, 2.45) is 5.92 Å². The van der Waals surface area contributed by atoms with Crippen LogP contribution in [0.25, 0.3) is 0 Å². The van der Waals surface area contributed by atoms with Crippen LogP contribution < -0.4 is 0 Å². The predicted molar refractivity (Wildman–Crippen MR) is 78.6 cm³/mol. The van der Waals surface area contributed by atoms with Crippen molar-refractivity contribution in [3.63, 3.8) is 0 Å². The maximum Gasteiger partial charge on any atom is 0.338 e. The number of carbonyl (C=O) groups is 1. The van der Waals surface area contributed by atoms with E-state index in [1.165, 1.54) is 63.0 Å². The van der Waals surface area contributed by atoms with E-state index in [0.717, 1.165) is 6.42 Å². The summed E-state index contributed by atoms with van der Waals surface area (Å²) in [7, 11) is 0. The van der Waals surface area contributed by atoms with E-state index in [-0.39, 0.29) is 11.8 Å². The summed E-state index contributed by atoms with van der Waals surface area (Å²) in [6.07, 6.45) is 6.12. The first-order valence-corrected chi connectivity index (χ1v) is 7.91. The summed E-state index contributed by atoms with van der Waals surface area (Å²) in [6.45, 7) is 2.86. The van der Waals surface area contributed by atoms with Crippen molar-refractivity contribution in [3.8, 4) is 0 Å². The fourth-order valence-electron chi connectivity index (χ4n) is 3.62. The van der Waals surface area contributed by atoms with Gasteiger partial charge in [0.15, 0.2) is 0 Å². The number of ether oxygens (including phenoxy) is 1. The Hall–Kier alpha value is -1.42. The number of benzene rings is 1. The monoisotopic (exact) mass is 291 g/mol. The number of fused-ring (bicyclic) bond motifs is 1. The molecular weight excluding hydrogens is 269 g/mol. The van der Waals surface area contributed by atoms with Crippen molar-refractivity contribution in [2.45, 2.75) is 38.1 Å². The van der Waals surface area contributed by atoms with E-state index < -0.39 is 0 Å². The zero-order valence-electron chi connectivity index (χ0n) is 12.3. The minimum atomic E-state index is -0.345. The first-order valence-electron chi connectivity index (χ1n) is 7.91. The number of halogens is 1. The van der Waals surface area contributed by atoms with Crippen LogP contribution in [-0.4, -0.2) is 36.6 Å². The number of hydrogen-bond acceptors (Lipinski definition) is 3. The molecule has 0 saturated carbocycles. The van der Waals surface area contributed by atoms with Crippen LogP contribution in [0.5, 0.6) is 0 Å². The lowest BCUT2D eigenvalue weighted by Gasteiger charge is -2.44. The summed E-state index contributed by atoms with van der Waals surface area (Å²) in [6, 6.07) is 6.12. The molecule has 0 aliphatic carbocycles. The van der Waals surface area contributed by atoms with E-state index in [1.54, 1.807) is 0 Å². The highest BCUT2D eigenvalue weighted by Crippen LogP contribution is 2.31. The Morgan fingerprint density at radius 2 is 1.90 bits per heavy atom. The fourth-order valence-corrected chi connectivity index (χ4v) is 3.62. The molecule has 4 heteroatoms. The Balaban J connectivity index is 1.56. The van der Waals surface area contributed by atoms with Gasteiger partial charge in [-0.05, 0) is 63.0 Å². The second kappa shape index (κ2) is 6.56. The van der Waals surface area contributed by atoms with Gasteiger partial charge in [0.05, 0.1) is 12.2 Å². The van der Waals surface area contributed by atoms with Gasteiger partial charge < -0.3 is 4.74 Å². The fraction of sp³-hybridized carbons (Fsp3) is 0.588. The van der Waals surface area contributed by atoms with Crippen molar-refractivity contribution in [2.75, 3.05) is 19.7 Å². The predicted octanol–water partition coefficient (Wildman–Crippen LogP) is 3.25. The standard InChI is InChI=1S/C17H22FNO2/c18-15-8-6-13(7-9-15)17(20)21-12-14-4-3-11-19-10-2-1-5-16(14)19/h6-9,14,16H,1-5,10-12H2. The van der Waals surface area contributed by atoms with E-state index in [2.05, 4.69) is 4.90 Å². The average molecular weight is 291 g/mol. The lowest BCUT2D eigenvalue weighted by atomic mass is 9.84. The summed E-state index contributed by atoms with van der Waals surface area (Å²) in [4.78, 5) is 14.6. The summed E-state index contributed by atoms with van der Waals surface area (Å²) in [5, 5.41) is 0. The Labute approximate surface area is 125 Å². The number of piperidine rings is 2. The summed E-state index contributed by atoms with van der Waals surface area (Å²) < 4.78 is 18.3. The third-order valence-electron chi connectivity index (χ3n) is 4.74. The number of esters is 1. The molecule has 3 nitrogen and oxygen atoms in total. The van der Waals surface area contributed by atoms with E-state index in [4.69, 9.17) is 4.74 Å². The Morgan fingerprint density at radius 3 is 2.71 bits per heavy atom. The van der Waals surface area contributed by atoms with Crippen LogP contribution in [0.4, 0.5) is 4.39 Å². The summed E-state index contributed by atoms with van der Waals surface area (Å²) in [5.74, 6) is -0.233. The molecule has 2 atom stereocenters. The van der Waals surface area contributed by atoms with Crippen LogP contribution in [0.1, 0.15) is 42.5 Å². The third-order valence-corrected chi connectivity index (χ3v) is 4.74. The highest BCUT2D eigenvalue weighted by atomic mass is 19.1. The SMILES string of the molecule is O=C(OCC1CCCN2CCCCC12)c1ccc(F)cc1. The van der Waals surface area contributed by atoms with Gasteiger partial charge >= 0.3 is 5.97 Å². The molecule has 2 unspecified atom stereocenters. The number of rotatable bonds is 3. The molecule has 0 bridgehead atoms. The highest BCUT2D eigenvalue weighted by Gasteiger charge is 2.33. The zero-order valence-corrected chi connectivity index (χ0v) is 12.3. The van der Waals surface area contributed by atoms with Gasteiger partial charge in [0.1, 0.15) is 5.82 Å². The molecule has 2 saturated heterocycles. The van der Waals surface area contributed by atoms with Crippen LogP contribution in [0, 0.1) is 11.7 Å². The Morgan fingerprint density at radius 1 is 1.14 bits per heavy atom. The van der Waals surface area contributed by atoms with Gasteiger partial charge in [-0.1, -0.05) is 6.42 Å². The minimum Gasteiger partial charge on any atom is -0.462 e. The van der Waals surface area contributed by atoms with Crippen molar-refractivity contribution >= 4 is 5.97 Å². The molecule has 114 valence electrons. The molecule has 0 spiro atoms. The highest BCUT2D eigenvalue weighted by molar-refractivity contribution is 5.89. The molecule has 2 heterocycles. The van der Waals surface area contributed by atoms with Crippen molar-refractivity contribution in [1.82, 2.24) is 4.90 Å². The van der Waals surface area contributed by atoms with Crippen molar-refractivity contribution < 1.29 is 13.9 Å². The molecule has 3 rings (SSSR count). The molecule has 2 aliphatic rings. The van der Waals surface area contributed by atoms with Gasteiger partial charge in [0.2, 0.25) is 0 Å². The smallest absolute Gasteiger partial charge is 0.338 e. The molecule has 2 aliphatic heterocycles. The molecular formula is C17H22FNO2. The summed E-state index contributed by atoms with van der Waals surface area (Å²) >= 11 is 0. The maximum absolute atomic E-state index is 12.9. The largest absolute Gasteiger partial charge is 0.462 e. The van der Waals surface area contributed by atoms with Crippen LogP contribution in [0.3, 0.4) is 0 Å². The van der Waals surface area contributed by atoms with Crippen LogP contribution >= 0.6 is 0 Å². The Kier molecular flexibility index (Phi) is 4.54. The number of carbonyl (C=O) groups excluding carboxylic acids is 1. The normalized spacial score (nSPS) is 26.1. The number of hydrogen-bond donors (Lipinski definition) is 0. The summed E-state index contributed by atoms with van der Waals surface area (Å²) in [5.41, 5.74) is 0.424. The second-order valence-electron chi connectivity index (χ2n) is 6.11. The van der Waals surface area contributed by atoms with Crippen LogP contribution in [0.2, 0.25) is 0 Å². The van der Waals surface area contributed by atoms with Crippen molar-refractivity contribution in [3.05, 3.63) is 35.6 Å². The molecule has 0 aromatic heterocycles. The zero-order chi connectivity index (χ0) is 14.7. The Bertz CT molecular complexity index is 486. The topological polar surface area (TPSA) is 29.5 Å². The quantitative estimate of drug-likeness (QED) is 0.801. The first-order chi connectivity index (χ1) is 10.2. The molecule has 1 aromatic carbocycles. The lowest BCUT2D eigenvalue weighted by molar-refractivity contribution is 0.00738. The second-order valence-corrected chi connectivity index (χ2v) is 6.11. The van der Waals surface area contributed by atoms with Gasteiger partial charge in [0, 0.05) is 12.0 Å². The van der Waals surface area contributed by atoms with Gasteiger partial charge in [-0.3, -0.25) is 4.90 Å².